The minimum Gasteiger partial charge on any atom is -0.453 e. The first-order valence-corrected chi connectivity index (χ1v) is 7.71. The smallest absolute Gasteiger partial charge is 0.412 e. The Morgan fingerprint density at radius 1 is 1.23 bits per heavy atom. The second kappa shape index (κ2) is 6.15. The van der Waals surface area contributed by atoms with E-state index in [9.17, 15) is 9.59 Å². The summed E-state index contributed by atoms with van der Waals surface area (Å²) in [4.78, 5) is 27.8. The van der Waals surface area contributed by atoms with Gasteiger partial charge in [-0.3, -0.25) is 10.1 Å². The van der Waals surface area contributed by atoms with Gasteiger partial charge < -0.3 is 10.1 Å². The molecule has 2 amide bonds. The molecule has 3 rings (SSSR count). The van der Waals surface area contributed by atoms with Gasteiger partial charge in [-0.2, -0.15) is 0 Å². The topological polar surface area (TPSA) is 80.3 Å². The number of anilines is 2. The molecule has 6 nitrogen and oxygen atoms in total. The van der Waals surface area contributed by atoms with E-state index in [4.69, 9.17) is 0 Å². The van der Waals surface area contributed by atoms with Crippen molar-refractivity contribution in [3.8, 4) is 11.3 Å². The van der Waals surface area contributed by atoms with Gasteiger partial charge in [-0.15, -0.1) is 0 Å². The summed E-state index contributed by atoms with van der Waals surface area (Å²) < 4.78 is 4.63. The van der Waals surface area contributed by atoms with Crippen LogP contribution in [-0.4, -0.2) is 24.1 Å². The Morgan fingerprint density at radius 3 is 2.59 bits per heavy atom. The van der Waals surface area contributed by atoms with Gasteiger partial charge in [-0.05, 0) is 12.8 Å². The van der Waals surface area contributed by atoms with Gasteiger partial charge in [0.25, 0.3) is 0 Å². The lowest BCUT2D eigenvalue weighted by Crippen LogP contribution is -2.12. The minimum absolute atomic E-state index is 0.0158. The Labute approximate surface area is 131 Å². The van der Waals surface area contributed by atoms with Crippen molar-refractivity contribution >= 4 is 33.5 Å². The van der Waals surface area contributed by atoms with Crippen LogP contribution in [0.5, 0.6) is 0 Å². The summed E-state index contributed by atoms with van der Waals surface area (Å²) in [6, 6.07) is 9.46. The third-order valence-corrected chi connectivity index (χ3v) is 4.14. The molecule has 7 heteroatoms. The van der Waals surface area contributed by atoms with Crippen LogP contribution >= 0.6 is 11.3 Å². The normalized spacial score (nSPS) is 13.5. The first kappa shape index (κ1) is 14.5. The van der Waals surface area contributed by atoms with Crippen LogP contribution < -0.4 is 10.6 Å². The lowest BCUT2D eigenvalue weighted by molar-refractivity contribution is -0.117. The van der Waals surface area contributed by atoms with E-state index in [1.54, 1.807) is 0 Å². The van der Waals surface area contributed by atoms with E-state index >= 15 is 0 Å². The molecule has 1 aliphatic carbocycles. The van der Waals surface area contributed by atoms with Crippen LogP contribution in [0, 0.1) is 5.92 Å². The van der Waals surface area contributed by atoms with Gasteiger partial charge in [-0.25, -0.2) is 9.78 Å². The summed E-state index contributed by atoms with van der Waals surface area (Å²) >= 11 is 1.22. The lowest BCUT2D eigenvalue weighted by Gasteiger charge is -2.03. The van der Waals surface area contributed by atoms with Gasteiger partial charge >= 0.3 is 6.09 Å². The van der Waals surface area contributed by atoms with Gasteiger partial charge in [0.05, 0.1) is 7.11 Å². The molecule has 1 aliphatic rings. The number of hydrogen-bond acceptors (Lipinski definition) is 5. The first-order chi connectivity index (χ1) is 10.7. The highest BCUT2D eigenvalue weighted by atomic mass is 32.1. The molecule has 0 unspecified atom stereocenters. The maximum absolute atomic E-state index is 11.9. The number of aromatic nitrogens is 1. The van der Waals surface area contributed by atoms with Crippen molar-refractivity contribution in [3.63, 3.8) is 0 Å². The zero-order chi connectivity index (χ0) is 15.5. The number of amides is 2. The molecule has 1 aromatic carbocycles. The van der Waals surface area contributed by atoms with Crippen LogP contribution in [0.2, 0.25) is 0 Å². The molecular weight excluding hydrogens is 302 g/mol. The Bertz CT molecular complexity index is 695. The van der Waals surface area contributed by atoms with Gasteiger partial charge in [0.1, 0.15) is 10.7 Å². The average molecular weight is 317 g/mol. The van der Waals surface area contributed by atoms with Crippen molar-refractivity contribution in [1.82, 2.24) is 4.98 Å². The molecule has 22 heavy (non-hydrogen) atoms. The highest BCUT2D eigenvalue weighted by Gasteiger charge is 2.30. The molecule has 1 saturated carbocycles. The fourth-order valence-electron chi connectivity index (χ4n) is 1.95. The molecule has 114 valence electrons. The third-order valence-electron chi connectivity index (χ3n) is 3.25. The predicted octanol–water partition coefficient (Wildman–Crippen LogP) is 3.34. The van der Waals surface area contributed by atoms with E-state index in [1.165, 1.54) is 18.4 Å². The minimum atomic E-state index is -0.569. The summed E-state index contributed by atoms with van der Waals surface area (Å²) in [5.74, 6) is 0.0825. The molecule has 0 atom stereocenters. The van der Waals surface area contributed by atoms with Crippen LogP contribution in [0.1, 0.15) is 12.8 Å². The zero-order valence-electron chi connectivity index (χ0n) is 12.0. The van der Waals surface area contributed by atoms with E-state index in [2.05, 4.69) is 20.4 Å². The highest BCUT2D eigenvalue weighted by Crippen LogP contribution is 2.37. The van der Waals surface area contributed by atoms with Crippen molar-refractivity contribution < 1.29 is 14.3 Å². The Balaban J connectivity index is 1.89. The number of hydrogen-bond donors (Lipinski definition) is 2. The number of carbonyl (C=O) groups excluding carboxylic acids is 2. The number of nitrogens with one attached hydrogen (secondary N) is 2. The number of thiazole rings is 1. The summed E-state index contributed by atoms with van der Waals surface area (Å²) in [6.45, 7) is 0. The zero-order valence-corrected chi connectivity index (χ0v) is 12.8. The number of methoxy groups -OCH3 is 1. The van der Waals surface area contributed by atoms with Crippen LogP contribution in [0.3, 0.4) is 0 Å². The molecule has 2 N–H and O–H groups in total. The quantitative estimate of drug-likeness (QED) is 0.906. The number of carbonyl (C=O) groups is 2. The second-order valence-electron chi connectivity index (χ2n) is 4.94. The molecule has 0 spiro atoms. The number of ether oxygens (including phenoxy) is 1. The summed E-state index contributed by atoms with van der Waals surface area (Å²) in [5, 5.41) is 6.46. The van der Waals surface area contributed by atoms with Gasteiger partial charge in [-0.1, -0.05) is 41.7 Å². The van der Waals surface area contributed by atoms with E-state index in [1.807, 2.05) is 30.3 Å². The Hall–Kier alpha value is -2.41. The summed E-state index contributed by atoms with van der Waals surface area (Å²) in [7, 11) is 1.30. The fourth-order valence-corrected chi connectivity index (χ4v) is 2.82. The standard InChI is InChI=1S/C15H15N3O3S/c1-21-15(20)18-13-11(9-5-3-2-4-6-9)16-14(22-13)17-12(19)10-7-8-10/h2-6,10H,7-8H2,1H3,(H,18,20)(H,16,17,19). The molecule has 0 bridgehead atoms. The maximum Gasteiger partial charge on any atom is 0.412 e. The molecule has 2 aromatic rings. The van der Waals surface area contributed by atoms with E-state index in [0.717, 1.165) is 18.4 Å². The van der Waals surface area contributed by atoms with Crippen molar-refractivity contribution in [3.05, 3.63) is 30.3 Å². The Morgan fingerprint density at radius 2 is 1.95 bits per heavy atom. The van der Waals surface area contributed by atoms with Crippen LogP contribution in [0.4, 0.5) is 14.9 Å². The highest BCUT2D eigenvalue weighted by molar-refractivity contribution is 7.20. The predicted molar refractivity (Wildman–Crippen MR) is 84.9 cm³/mol. The van der Waals surface area contributed by atoms with E-state index in [0.29, 0.717) is 15.8 Å². The Kier molecular flexibility index (Phi) is 4.06. The average Bonchev–Trinajstić information content (AvgIpc) is 3.31. The van der Waals surface area contributed by atoms with Gasteiger partial charge in [0.15, 0.2) is 5.13 Å². The van der Waals surface area contributed by atoms with Crippen LogP contribution in [0.15, 0.2) is 30.3 Å². The number of rotatable bonds is 4. The second-order valence-corrected chi connectivity index (χ2v) is 5.94. The lowest BCUT2D eigenvalue weighted by atomic mass is 10.2. The van der Waals surface area contributed by atoms with Crippen molar-refractivity contribution in [2.24, 2.45) is 5.92 Å². The maximum atomic E-state index is 11.9. The van der Waals surface area contributed by atoms with Crippen molar-refractivity contribution in [2.45, 2.75) is 12.8 Å². The van der Waals surface area contributed by atoms with Crippen LogP contribution in [0.25, 0.3) is 11.3 Å². The molecular formula is C15H15N3O3S. The summed E-state index contributed by atoms with van der Waals surface area (Å²) in [6.07, 6.45) is 1.28. The monoisotopic (exact) mass is 317 g/mol. The number of nitrogens with zero attached hydrogens (tertiary/aromatic N) is 1. The molecule has 0 aliphatic heterocycles. The molecule has 0 saturated heterocycles. The number of benzene rings is 1. The summed E-state index contributed by atoms with van der Waals surface area (Å²) in [5.41, 5.74) is 1.47. The molecule has 0 radical (unpaired) electrons. The molecule has 1 aromatic heterocycles. The fraction of sp³-hybridized carbons (Fsp3) is 0.267. The van der Waals surface area contributed by atoms with E-state index < -0.39 is 6.09 Å². The van der Waals surface area contributed by atoms with Crippen LogP contribution in [-0.2, 0) is 9.53 Å². The SMILES string of the molecule is COC(=O)Nc1sc(NC(=O)C2CC2)nc1-c1ccccc1. The van der Waals surface area contributed by atoms with Gasteiger partial charge in [0.2, 0.25) is 5.91 Å². The molecule has 1 heterocycles. The van der Waals surface area contributed by atoms with E-state index in [-0.39, 0.29) is 11.8 Å². The van der Waals surface area contributed by atoms with Crippen molar-refractivity contribution in [2.75, 3.05) is 17.7 Å². The third kappa shape index (κ3) is 3.25. The van der Waals surface area contributed by atoms with Gasteiger partial charge in [0, 0.05) is 11.5 Å². The molecule has 1 fully saturated rings. The van der Waals surface area contributed by atoms with Crippen molar-refractivity contribution in [1.29, 1.82) is 0 Å². The first-order valence-electron chi connectivity index (χ1n) is 6.89. The largest absolute Gasteiger partial charge is 0.453 e.